The van der Waals surface area contributed by atoms with Crippen LogP contribution < -0.4 is 4.90 Å². The van der Waals surface area contributed by atoms with Crippen molar-refractivity contribution in [2.24, 2.45) is 7.05 Å². The predicted molar refractivity (Wildman–Crippen MR) is 91.0 cm³/mol. The first-order valence-corrected chi connectivity index (χ1v) is 8.16. The van der Waals surface area contributed by atoms with Gasteiger partial charge in [-0.3, -0.25) is 19.7 Å². The van der Waals surface area contributed by atoms with E-state index in [1.165, 1.54) is 17.8 Å². The van der Waals surface area contributed by atoms with Crippen LogP contribution in [-0.2, 0) is 20.0 Å². The van der Waals surface area contributed by atoms with Gasteiger partial charge < -0.3 is 4.90 Å². The molecule has 0 unspecified atom stereocenters. The molecule has 0 amide bonds. The van der Waals surface area contributed by atoms with Crippen molar-refractivity contribution in [1.82, 2.24) is 19.7 Å². The molecule has 24 heavy (non-hydrogen) atoms. The first-order valence-electron chi connectivity index (χ1n) is 8.16. The topological polar surface area (TPSA) is 80.3 Å². The lowest BCUT2D eigenvalue weighted by molar-refractivity contribution is -0.385. The van der Waals surface area contributed by atoms with Crippen LogP contribution in [0, 0.1) is 10.1 Å². The molecule has 0 bridgehead atoms. The van der Waals surface area contributed by atoms with Crippen LogP contribution in [0.25, 0.3) is 0 Å². The maximum absolute atomic E-state index is 10.7. The van der Waals surface area contributed by atoms with Gasteiger partial charge in [0.1, 0.15) is 12.0 Å². The minimum atomic E-state index is -0.423. The molecule has 128 valence electrons. The fourth-order valence-electron chi connectivity index (χ4n) is 3.06. The van der Waals surface area contributed by atoms with Crippen LogP contribution in [0.1, 0.15) is 18.2 Å². The largest absolute Gasteiger partial charge is 0.354 e. The number of nitro groups is 1. The van der Waals surface area contributed by atoms with Crippen LogP contribution in [0.4, 0.5) is 11.5 Å². The molecule has 2 aromatic heterocycles. The Morgan fingerprint density at radius 2 is 2.00 bits per heavy atom. The molecular formula is C16H22N6O2. The number of piperazine rings is 1. The van der Waals surface area contributed by atoms with Crippen molar-refractivity contribution in [3.63, 3.8) is 0 Å². The molecule has 8 heteroatoms. The van der Waals surface area contributed by atoms with Gasteiger partial charge in [0, 0.05) is 57.6 Å². The van der Waals surface area contributed by atoms with Crippen LogP contribution in [0.5, 0.6) is 0 Å². The summed E-state index contributed by atoms with van der Waals surface area (Å²) < 4.78 is 1.88. The number of hydrogen-bond acceptors (Lipinski definition) is 6. The molecule has 8 nitrogen and oxygen atoms in total. The normalized spacial score (nSPS) is 15.7. The van der Waals surface area contributed by atoms with Crippen molar-refractivity contribution < 1.29 is 4.92 Å². The lowest BCUT2D eigenvalue weighted by Gasteiger charge is -2.35. The van der Waals surface area contributed by atoms with E-state index in [9.17, 15) is 10.1 Å². The zero-order valence-corrected chi connectivity index (χ0v) is 14.1. The summed E-state index contributed by atoms with van der Waals surface area (Å²) in [6, 6.07) is 3.24. The van der Waals surface area contributed by atoms with Crippen LogP contribution in [0.15, 0.2) is 24.5 Å². The average Bonchev–Trinajstić information content (AvgIpc) is 2.95. The Kier molecular flexibility index (Phi) is 4.75. The summed E-state index contributed by atoms with van der Waals surface area (Å²) in [5.74, 6) is 0.802. The molecule has 0 aliphatic carbocycles. The highest BCUT2D eigenvalue weighted by Crippen LogP contribution is 2.18. The fraction of sp³-hybridized carbons (Fsp3) is 0.500. The quantitative estimate of drug-likeness (QED) is 0.612. The molecule has 0 saturated carbocycles. The summed E-state index contributed by atoms with van der Waals surface area (Å²) in [7, 11) is 1.96. The van der Waals surface area contributed by atoms with Gasteiger partial charge in [0.15, 0.2) is 0 Å². The Bertz CT molecular complexity index is 704. The third-order valence-electron chi connectivity index (χ3n) is 4.36. The van der Waals surface area contributed by atoms with Crippen molar-refractivity contribution in [3.8, 4) is 0 Å². The van der Waals surface area contributed by atoms with E-state index >= 15 is 0 Å². The Morgan fingerprint density at radius 3 is 2.58 bits per heavy atom. The monoisotopic (exact) mass is 330 g/mol. The summed E-state index contributed by atoms with van der Waals surface area (Å²) in [6.07, 6.45) is 4.37. The molecule has 1 aliphatic heterocycles. The second-order valence-electron chi connectivity index (χ2n) is 6.02. The summed E-state index contributed by atoms with van der Waals surface area (Å²) in [4.78, 5) is 19.1. The fourth-order valence-corrected chi connectivity index (χ4v) is 3.06. The number of aryl methyl sites for hydroxylation is 2. The number of pyridine rings is 1. The maximum atomic E-state index is 10.7. The van der Waals surface area contributed by atoms with E-state index < -0.39 is 4.92 Å². The minimum absolute atomic E-state index is 0.0288. The molecule has 0 atom stereocenters. The van der Waals surface area contributed by atoms with E-state index in [0.717, 1.165) is 50.7 Å². The first-order chi connectivity index (χ1) is 11.6. The van der Waals surface area contributed by atoms with E-state index in [4.69, 9.17) is 0 Å². The Labute approximate surface area is 140 Å². The first kappa shape index (κ1) is 16.4. The lowest BCUT2D eigenvalue weighted by Crippen LogP contribution is -2.46. The van der Waals surface area contributed by atoms with Crippen LogP contribution in [-0.4, -0.2) is 50.8 Å². The Morgan fingerprint density at radius 1 is 1.25 bits per heavy atom. The van der Waals surface area contributed by atoms with E-state index in [0.29, 0.717) is 0 Å². The lowest BCUT2D eigenvalue weighted by atomic mass is 10.2. The van der Waals surface area contributed by atoms with E-state index in [1.807, 2.05) is 11.7 Å². The van der Waals surface area contributed by atoms with Crippen molar-refractivity contribution >= 4 is 11.5 Å². The molecule has 0 radical (unpaired) electrons. The SMILES string of the molecule is CCc1nn(C)cc1CN1CCN(c2ccc([N+](=O)[O-])cn2)CC1. The van der Waals surface area contributed by atoms with Gasteiger partial charge in [-0.2, -0.15) is 5.10 Å². The van der Waals surface area contributed by atoms with Gasteiger partial charge in [0.25, 0.3) is 5.69 Å². The smallest absolute Gasteiger partial charge is 0.287 e. The van der Waals surface area contributed by atoms with E-state index in [2.05, 4.69) is 33.0 Å². The van der Waals surface area contributed by atoms with Gasteiger partial charge in [-0.1, -0.05) is 6.92 Å². The number of anilines is 1. The van der Waals surface area contributed by atoms with Crippen LogP contribution in [0.2, 0.25) is 0 Å². The van der Waals surface area contributed by atoms with Crippen LogP contribution in [0.3, 0.4) is 0 Å². The third-order valence-corrected chi connectivity index (χ3v) is 4.36. The highest BCUT2D eigenvalue weighted by Gasteiger charge is 2.20. The molecule has 0 N–H and O–H groups in total. The van der Waals surface area contributed by atoms with Gasteiger partial charge in [-0.05, 0) is 12.5 Å². The Hall–Kier alpha value is -2.48. The molecular weight excluding hydrogens is 308 g/mol. The highest BCUT2D eigenvalue weighted by molar-refractivity contribution is 5.43. The van der Waals surface area contributed by atoms with Gasteiger partial charge in [0.2, 0.25) is 0 Å². The van der Waals surface area contributed by atoms with Crippen molar-refractivity contribution in [1.29, 1.82) is 0 Å². The molecule has 2 aromatic rings. The van der Waals surface area contributed by atoms with Gasteiger partial charge in [0.05, 0.1) is 10.6 Å². The molecule has 0 aromatic carbocycles. The van der Waals surface area contributed by atoms with Gasteiger partial charge in [-0.15, -0.1) is 0 Å². The van der Waals surface area contributed by atoms with Crippen molar-refractivity contribution in [2.45, 2.75) is 19.9 Å². The minimum Gasteiger partial charge on any atom is -0.354 e. The van der Waals surface area contributed by atoms with E-state index in [-0.39, 0.29) is 5.69 Å². The molecule has 1 saturated heterocycles. The predicted octanol–water partition coefficient (Wildman–Crippen LogP) is 1.61. The highest BCUT2D eigenvalue weighted by atomic mass is 16.6. The molecule has 3 rings (SSSR count). The molecule has 1 fully saturated rings. The third kappa shape index (κ3) is 3.53. The van der Waals surface area contributed by atoms with Gasteiger partial charge >= 0.3 is 0 Å². The molecule has 3 heterocycles. The number of hydrogen-bond donors (Lipinski definition) is 0. The van der Waals surface area contributed by atoms with Crippen molar-refractivity contribution in [3.05, 3.63) is 45.9 Å². The maximum Gasteiger partial charge on any atom is 0.287 e. The molecule has 1 aliphatic rings. The zero-order valence-electron chi connectivity index (χ0n) is 14.1. The number of aromatic nitrogens is 3. The Balaban J connectivity index is 1.58. The second kappa shape index (κ2) is 6.96. The zero-order chi connectivity index (χ0) is 17.1. The average molecular weight is 330 g/mol. The summed E-state index contributed by atoms with van der Waals surface area (Å²) in [5, 5.41) is 15.2. The summed E-state index contributed by atoms with van der Waals surface area (Å²) >= 11 is 0. The summed E-state index contributed by atoms with van der Waals surface area (Å²) in [5.41, 5.74) is 2.49. The van der Waals surface area contributed by atoms with Crippen LogP contribution >= 0.6 is 0 Å². The van der Waals surface area contributed by atoms with Gasteiger partial charge in [-0.25, -0.2) is 4.98 Å². The standard InChI is InChI=1S/C16H22N6O2/c1-3-15-13(11-19(2)18-15)12-20-6-8-21(9-7-20)16-5-4-14(10-17-16)22(23)24/h4-5,10-11H,3,6-9,12H2,1-2H3. The molecule has 0 spiro atoms. The van der Waals surface area contributed by atoms with E-state index in [1.54, 1.807) is 6.07 Å². The van der Waals surface area contributed by atoms with Crippen molar-refractivity contribution in [2.75, 3.05) is 31.1 Å². The summed E-state index contributed by atoms with van der Waals surface area (Å²) in [6.45, 7) is 6.66. The number of nitrogens with zero attached hydrogens (tertiary/aromatic N) is 6. The number of rotatable bonds is 5. The second-order valence-corrected chi connectivity index (χ2v) is 6.02.